The number of amides is 1. The van der Waals surface area contributed by atoms with Crippen molar-refractivity contribution in [2.75, 3.05) is 39.3 Å². The average molecular weight is 490 g/mol. The third kappa shape index (κ3) is 5.86. The highest BCUT2D eigenvalue weighted by Crippen LogP contribution is 2.34. The Balaban J connectivity index is 1.12. The molecule has 5 rings (SSSR count). The standard InChI is InChI=1S/C30H39N3O3/c1-2-33-28(13-14-29(33)34)27(25-11-7-4-8-12-25)15-16-31-17-19-32(20-18-31)30-23-35-26(22-36-30)21-24-9-5-3-6-10-24/h3-5,7-9,11-12,22-23,27-28H,2,6,10,13-21H2,1H3. The summed E-state index contributed by atoms with van der Waals surface area (Å²) >= 11 is 0. The van der Waals surface area contributed by atoms with Gasteiger partial charge in [-0.25, -0.2) is 0 Å². The zero-order chi connectivity index (χ0) is 24.7. The molecule has 36 heavy (non-hydrogen) atoms. The third-order valence-electron chi connectivity index (χ3n) is 7.97. The summed E-state index contributed by atoms with van der Waals surface area (Å²) in [6.07, 6.45) is 15.8. The van der Waals surface area contributed by atoms with Gasteiger partial charge in [0.2, 0.25) is 11.8 Å². The van der Waals surface area contributed by atoms with Gasteiger partial charge in [0.1, 0.15) is 12.0 Å². The van der Waals surface area contributed by atoms with Crippen molar-refractivity contribution >= 4 is 5.91 Å². The van der Waals surface area contributed by atoms with Gasteiger partial charge < -0.3 is 19.3 Å². The van der Waals surface area contributed by atoms with Crippen molar-refractivity contribution in [2.24, 2.45) is 0 Å². The van der Waals surface area contributed by atoms with E-state index >= 15 is 0 Å². The molecule has 0 N–H and O–H groups in total. The number of ether oxygens (including phenoxy) is 2. The fraction of sp³-hybridized carbons (Fsp3) is 0.500. The van der Waals surface area contributed by atoms with Gasteiger partial charge in [-0.1, -0.05) is 54.1 Å². The second-order valence-corrected chi connectivity index (χ2v) is 10.2. The zero-order valence-electron chi connectivity index (χ0n) is 21.5. The maximum Gasteiger partial charge on any atom is 0.231 e. The fourth-order valence-electron chi connectivity index (χ4n) is 5.94. The lowest BCUT2D eigenvalue weighted by Crippen LogP contribution is -2.47. The van der Waals surface area contributed by atoms with Crippen molar-refractivity contribution < 1.29 is 14.3 Å². The Bertz CT molecular complexity index is 1020. The van der Waals surface area contributed by atoms with E-state index in [2.05, 4.69) is 70.2 Å². The van der Waals surface area contributed by atoms with Gasteiger partial charge in [-0.3, -0.25) is 9.69 Å². The van der Waals surface area contributed by atoms with E-state index in [0.29, 0.717) is 24.3 Å². The molecule has 3 heterocycles. The summed E-state index contributed by atoms with van der Waals surface area (Å²) in [6.45, 7) is 7.79. The van der Waals surface area contributed by atoms with Crippen LogP contribution in [0.15, 0.2) is 78.3 Å². The van der Waals surface area contributed by atoms with Crippen LogP contribution in [-0.4, -0.2) is 65.9 Å². The number of likely N-dealkylation sites (tertiary alicyclic amines) is 1. The topological polar surface area (TPSA) is 45.3 Å². The SMILES string of the molecule is CCN1C(=O)CCC1C(CCN1CCN(C2=COC(CC3=CC=CCC3)=CO2)CC1)c1ccccc1. The molecule has 1 amide bonds. The maximum absolute atomic E-state index is 12.4. The Labute approximate surface area is 215 Å². The van der Waals surface area contributed by atoms with Gasteiger partial charge >= 0.3 is 0 Å². The number of nitrogens with zero attached hydrogens (tertiary/aromatic N) is 3. The van der Waals surface area contributed by atoms with E-state index in [1.165, 1.54) is 11.1 Å². The molecule has 0 spiro atoms. The molecule has 1 aromatic rings. The van der Waals surface area contributed by atoms with Crippen LogP contribution in [0.5, 0.6) is 0 Å². The maximum atomic E-state index is 12.4. The number of likely N-dealkylation sites (N-methyl/N-ethyl adjacent to an activating group) is 1. The van der Waals surface area contributed by atoms with E-state index in [4.69, 9.17) is 9.47 Å². The van der Waals surface area contributed by atoms with Crippen molar-refractivity contribution in [1.82, 2.24) is 14.7 Å². The van der Waals surface area contributed by atoms with Gasteiger partial charge in [0.15, 0.2) is 6.26 Å². The molecule has 6 heteroatoms. The second kappa shape index (κ2) is 11.8. The van der Waals surface area contributed by atoms with E-state index < -0.39 is 0 Å². The lowest BCUT2D eigenvalue weighted by Gasteiger charge is -2.38. The summed E-state index contributed by atoms with van der Waals surface area (Å²) in [5.41, 5.74) is 2.74. The summed E-state index contributed by atoms with van der Waals surface area (Å²) in [6, 6.07) is 11.1. The second-order valence-electron chi connectivity index (χ2n) is 10.2. The Morgan fingerprint density at radius 3 is 2.56 bits per heavy atom. The van der Waals surface area contributed by atoms with Crippen LogP contribution in [-0.2, 0) is 14.3 Å². The molecule has 192 valence electrons. The smallest absolute Gasteiger partial charge is 0.231 e. The van der Waals surface area contributed by atoms with E-state index in [1.807, 2.05) is 0 Å². The van der Waals surface area contributed by atoms with E-state index in [9.17, 15) is 4.79 Å². The lowest BCUT2D eigenvalue weighted by atomic mass is 9.87. The molecule has 2 saturated heterocycles. The minimum Gasteiger partial charge on any atom is -0.460 e. The summed E-state index contributed by atoms with van der Waals surface area (Å²) in [4.78, 5) is 19.4. The first-order chi connectivity index (χ1) is 17.7. The van der Waals surface area contributed by atoms with E-state index in [-0.39, 0.29) is 0 Å². The average Bonchev–Trinajstić information content (AvgIpc) is 3.31. The van der Waals surface area contributed by atoms with Crippen molar-refractivity contribution in [3.05, 3.63) is 83.9 Å². The first kappa shape index (κ1) is 24.7. The molecule has 0 saturated carbocycles. The van der Waals surface area contributed by atoms with Gasteiger partial charge in [-0.2, -0.15) is 0 Å². The predicted molar refractivity (Wildman–Crippen MR) is 142 cm³/mol. The van der Waals surface area contributed by atoms with Crippen LogP contribution in [0, 0.1) is 0 Å². The van der Waals surface area contributed by atoms with E-state index in [1.54, 1.807) is 12.5 Å². The Kier molecular flexibility index (Phi) is 8.11. The van der Waals surface area contributed by atoms with Crippen LogP contribution >= 0.6 is 0 Å². The molecule has 6 nitrogen and oxygen atoms in total. The minimum atomic E-state index is 0.310. The van der Waals surface area contributed by atoms with Crippen LogP contribution in [0.1, 0.15) is 56.9 Å². The van der Waals surface area contributed by atoms with Crippen LogP contribution in [0.4, 0.5) is 0 Å². The number of carbonyl (C=O) groups excluding carboxylic acids is 1. The molecule has 4 aliphatic rings. The highest BCUT2D eigenvalue weighted by Gasteiger charge is 2.36. The lowest BCUT2D eigenvalue weighted by molar-refractivity contribution is -0.129. The van der Waals surface area contributed by atoms with Gasteiger partial charge in [-0.05, 0) is 44.7 Å². The van der Waals surface area contributed by atoms with Gasteiger partial charge in [0.05, 0.1) is 0 Å². The summed E-state index contributed by atoms with van der Waals surface area (Å²) in [5, 5.41) is 0. The van der Waals surface area contributed by atoms with Crippen LogP contribution < -0.4 is 0 Å². The molecular formula is C30H39N3O3. The van der Waals surface area contributed by atoms with Gasteiger partial charge in [-0.15, -0.1) is 0 Å². The highest BCUT2D eigenvalue weighted by molar-refractivity contribution is 5.79. The first-order valence-corrected chi connectivity index (χ1v) is 13.6. The summed E-state index contributed by atoms with van der Waals surface area (Å²) in [5.74, 6) is 2.37. The zero-order valence-corrected chi connectivity index (χ0v) is 21.5. The molecule has 1 aliphatic carbocycles. The normalized spacial score (nSPS) is 23.5. The molecule has 2 unspecified atom stereocenters. The quantitative estimate of drug-likeness (QED) is 0.481. The van der Waals surface area contributed by atoms with Crippen molar-refractivity contribution in [2.45, 2.75) is 57.4 Å². The van der Waals surface area contributed by atoms with Gasteiger partial charge in [0, 0.05) is 57.5 Å². The monoisotopic (exact) mass is 489 g/mol. The molecule has 2 atom stereocenters. The third-order valence-corrected chi connectivity index (χ3v) is 7.97. The van der Waals surface area contributed by atoms with Crippen molar-refractivity contribution in [3.8, 4) is 0 Å². The summed E-state index contributed by atoms with van der Waals surface area (Å²) < 4.78 is 11.9. The molecule has 3 aliphatic heterocycles. The Morgan fingerprint density at radius 2 is 1.86 bits per heavy atom. The minimum absolute atomic E-state index is 0.310. The molecule has 0 bridgehead atoms. The number of rotatable bonds is 9. The van der Waals surface area contributed by atoms with E-state index in [0.717, 1.165) is 83.0 Å². The molecule has 2 fully saturated rings. The van der Waals surface area contributed by atoms with Crippen LogP contribution in [0.2, 0.25) is 0 Å². The number of piperazine rings is 1. The molecule has 1 aromatic carbocycles. The van der Waals surface area contributed by atoms with Gasteiger partial charge in [0.25, 0.3) is 0 Å². The number of carbonyl (C=O) groups is 1. The predicted octanol–water partition coefficient (Wildman–Crippen LogP) is 5.14. The highest BCUT2D eigenvalue weighted by atomic mass is 16.6. The largest absolute Gasteiger partial charge is 0.460 e. The molecule has 0 radical (unpaired) electrons. The number of hydrogen-bond acceptors (Lipinski definition) is 5. The Morgan fingerprint density at radius 1 is 1.03 bits per heavy atom. The van der Waals surface area contributed by atoms with Crippen molar-refractivity contribution in [3.63, 3.8) is 0 Å². The van der Waals surface area contributed by atoms with Crippen LogP contribution in [0.3, 0.4) is 0 Å². The van der Waals surface area contributed by atoms with Crippen molar-refractivity contribution in [1.29, 1.82) is 0 Å². The number of allylic oxidation sites excluding steroid dienone is 4. The summed E-state index contributed by atoms with van der Waals surface area (Å²) in [7, 11) is 0. The Hall–Kier alpha value is -2.99. The fourth-order valence-corrected chi connectivity index (χ4v) is 5.94. The first-order valence-electron chi connectivity index (χ1n) is 13.6. The number of benzene rings is 1. The molecule has 0 aromatic heterocycles. The number of hydrogen-bond donors (Lipinski definition) is 0. The van der Waals surface area contributed by atoms with Crippen LogP contribution in [0.25, 0.3) is 0 Å². The molecular weight excluding hydrogens is 450 g/mol.